The molecule has 0 aliphatic heterocycles. The van der Waals surface area contributed by atoms with E-state index < -0.39 is 10.9 Å². The molecule has 0 aromatic carbocycles. The van der Waals surface area contributed by atoms with E-state index in [-0.39, 0.29) is 24.7 Å². The van der Waals surface area contributed by atoms with E-state index in [0.29, 0.717) is 11.5 Å². The third-order valence-electron chi connectivity index (χ3n) is 2.63. The number of rotatable bonds is 6. The molecule has 112 valence electrons. The van der Waals surface area contributed by atoms with Gasteiger partial charge in [-0.05, 0) is 6.07 Å². The topological polar surface area (TPSA) is 123 Å². The van der Waals surface area contributed by atoms with Crippen molar-refractivity contribution in [1.82, 2.24) is 15.0 Å². The molecule has 2 heterocycles. The third kappa shape index (κ3) is 3.05. The summed E-state index contributed by atoms with van der Waals surface area (Å²) in [6.45, 7) is 0.163. The van der Waals surface area contributed by atoms with Gasteiger partial charge in [-0.1, -0.05) is 5.21 Å². The molecule has 2 rings (SSSR count). The van der Waals surface area contributed by atoms with Gasteiger partial charge in [0.05, 0.1) is 25.5 Å². The molecule has 10 heteroatoms. The standard InChI is InChI=1S/C11H12N4O6/c1-19-6-8-10(11(16)20-2)12-13-14(8)5-7-3-4-9(21-7)15(17)18/h3-4H,5-6H2,1-2H3. The molecule has 0 saturated heterocycles. The number of nitro groups is 1. The van der Waals surface area contributed by atoms with E-state index in [2.05, 4.69) is 15.0 Å². The van der Waals surface area contributed by atoms with Crippen molar-refractivity contribution in [2.75, 3.05) is 14.2 Å². The number of esters is 1. The Kier molecular flexibility index (Phi) is 4.28. The van der Waals surface area contributed by atoms with Crippen LogP contribution in [0.3, 0.4) is 0 Å². The van der Waals surface area contributed by atoms with Gasteiger partial charge in [0.1, 0.15) is 17.2 Å². The third-order valence-corrected chi connectivity index (χ3v) is 2.63. The maximum atomic E-state index is 11.6. The number of carbonyl (C=O) groups is 1. The Morgan fingerprint density at radius 2 is 2.24 bits per heavy atom. The van der Waals surface area contributed by atoms with Crippen molar-refractivity contribution in [3.8, 4) is 0 Å². The molecule has 0 fully saturated rings. The van der Waals surface area contributed by atoms with Crippen molar-refractivity contribution in [2.24, 2.45) is 0 Å². The zero-order valence-electron chi connectivity index (χ0n) is 11.3. The zero-order valence-corrected chi connectivity index (χ0v) is 11.3. The number of hydrogen-bond donors (Lipinski definition) is 0. The Morgan fingerprint density at radius 1 is 1.48 bits per heavy atom. The number of ether oxygens (including phenoxy) is 2. The Labute approximate surface area is 118 Å². The Hall–Kier alpha value is -2.75. The maximum absolute atomic E-state index is 11.6. The van der Waals surface area contributed by atoms with E-state index in [0.717, 1.165) is 0 Å². The van der Waals surface area contributed by atoms with Crippen molar-refractivity contribution >= 4 is 11.9 Å². The van der Waals surface area contributed by atoms with Crippen LogP contribution in [0.4, 0.5) is 5.88 Å². The highest BCUT2D eigenvalue weighted by Crippen LogP contribution is 2.18. The van der Waals surface area contributed by atoms with Crippen LogP contribution in [0, 0.1) is 10.1 Å². The van der Waals surface area contributed by atoms with Gasteiger partial charge in [0.25, 0.3) is 0 Å². The van der Waals surface area contributed by atoms with Gasteiger partial charge in [0.15, 0.2) is 5.69 Å². The van der Waals surface area contributed by atoms with E-state index in [1.54, 1.807) is 0 Å². The molecule has 2 aromatic heterocycles. The largest absolute Gasteiger partial charge is 0.464 e. The lowest BCUT2D eigenvalue weighted by Crippen LogP contribution is -2.11. The van der Waals surface area contributed by atoms with Gasteiger partial charge >= 0.3 is 11.9 Å². The predicted molar refractivity (Wildman–Crippen MR) is 66.5 cm³/mol. The molecule has 0 unspecified atom stereocenters. The van der Waals surface area contributed by atoms with E-state index in [1.807, 2.05) is 0 Å². The van der Waals surface area contributed by atoms with Crippen molar-refractivity contribution in [2.45, 2.75) is 13.2 Å². The average Bonchev–Trinajstić information content (AvgIpc) is 3.07. The summed E-state index contributed by atoms with van der Waals surface area (Å²) < 4.78 is 16.0. The first-order chi connectivity index (χ1) is 10.1. The second-order valence-electron chi connectivity index (χ2n) is 3.96. The zero-order chi connectivity index (χ0) is 15.4. The van der Waals surface area contributed by atoms with E-state index in [1.165, 1.54) is 31.0 Å². The second-order valence-corrected chi connectivity index (χ2v) is 3.96. The lowest BCUT2D eigenvalue weighted by atomic mass is 10.3. The maximum Gasteiger partial charge on any atom is 0.433 e. The van der Waals surface area contributed by atoms with Gasteiger partial charge in [0.2, 0.25) is 0 Å². The first kappa shape index (κ1) is 14.7. The van der Waals surface area contributed by atoms with Crippen LogP contribution in [0.1, 0.15) is 21.9 Å². The van der Waals surface area contributed by atoms with Crippen LogP contribution in [-0.4, -0.2) is 40.1 Å². The highest BCUT2D eigenvalue weighted by molar-refractivity contribution is 5.88. The van der Waals surface area contributed by atoms with Crippen LogP contribution in [0.25, 0.3) is 0 Å². The van der Waals surface area contributed by atoms with Crippen LogP contribution in [0.5, 0.6) is 0 Å². The summed E-state index contributed by atoms with van der Waals surface area (Å²) in [6, 6.07) is 2.69. The molecule has 0 radical (unpaired) electrons. The van der Waals surface area contributed by atoms with E-state index in [4.69, 9.17) is 9.15 Å². The molecule has 0 N–H and O–H groups in total. The molecule has 0 aliphatic carbocycles. The van der Waals surface area contributed by atoms with Gasteiger partial charge in [-0.25, -0.2) is 9.48 Å². The first-order valence-electron chi connectivity index (χ1n) is 5.79. The summed E-state index contributed by atoms with van der Waals surface area (Å²) in [7, 11) is 2.68. The van der Waals surface area contributed by atoms with Crippen LogP contribution in [0.15, 0.2) is 16.5 Å². The molecule has 0 amide bonds. The summed E-state index contributed by atoms with van der Waals surface area (Å²) in [5.41, 5.74) is 0.420. The summed E-state index contributed by atoms with van der Waals surface area (Å²) in [4.78, 5) is 21.5. The Balaban J connectivity index is 2.28. The number of nitrogens with zero attached hydrogens (tertiary/aromatic N) is 4. The van der Waals surface area contributed by atoms with Crippen LogP contribution >= 0.6 is 0 Å². The van der Waals surface area contributed by atoms with Crippen molar-refractivity contribution in [1.29, 1.82) is 0 Å². The van der Waals surface area contributed by atoms with Gasteiger partial charge in [-0.2, -0.15) is 0 Å². The minimum absolute atomic E-state index is 0.0282. The van der Waals surface area contributed by atoms with Crippen LogP contribution < -0.4 is 0 Å². The fraction of sp³-hybridized carbons (Fsp3) is 0.364. The average molecular weight is 296 g/mol. The van der Waals surface area contributed by atoms with Crippen molar-refractivity contribution < 1.29 is 23.6 Å². The Bertz CT molecular complexity index is 661. The highest BCUT2D eigenvalue weighted by atomic mass is 16.6. The quantitative estimate of drug-likeness (QED) is 0.435. The molecule has 10 nitrogen and oxygen atoms in total. The Morgan fingerprint density at radius 3 is 2.81 bits per heavy atom. The summed E-state index contributed by atoms with van der Waals surface area (Å²) >= 11 is 0. The van der Waals surface area contributed by atoms with E-state index in [9.17, 15) is 14.9 Å². The van der Waals surface area contributed by atoms with Crippen LogP contribution in [0.2, 0.25) is 0 Å². The molecule has 0 bridgehead atoms. The smallest absolute Gasteiger partial charge is 0.433 e. The summed E-state index contributed by atoms with van der Waals surface area (Å²) in [5.74, 6) is -0.703. The van der Waals surface area contributed by atoms with Crippen LogP contribution in [-0.2, 0) is 22.6 Å². The van der Waals surface area contributed by atoms with Gasteiger partial charge in [-0.3, -0.25) is 10.1 Å². The number of furan rings is 1. The molecule has 21 heavy (non-hydrogen) atoms. The molecule has 0 atom stereocenters. The van der Waals surface area contributed by atoms with Crippen molar-refractivity contribution in [3.05, 3.63) is 39.4 Å². The first-order valence-corrected chi connectivity index (χ1v) is 5.79. The predicted octanol–water partition coefficient (Wildman–Crippen LogP) is 0.761. The monoisotopic (exact) mass is 296 g/mol. The van der Waals surface area contributed by atoms with Crippen molar-refractivity contribution in [3.63, 3.8) is 0 Å². The normalized spacial score (nSPS) is 10.6. The molecule has 0 saturated carbocycles. The SMILES string of the molecule is COCc1c(C(=O)OC)nnn1Cc1ccc([N+](=O)[O-])o1. The summed E-state index contributed by atoms with van der Waals surface area (Å²) in [5, 5.41) is 18.1. The lowest BCUT2D eigenvalue weighted by molar-refractivity contribution is -0.402. The highest BCUT2D eigenvalue weighted by Gasteiger charge is 2.21. The molecular formula is C11H12N4O6. The lowest BCUT2D eigenvalue weighted by Gasteiger charge is -2.04. The van der Waals surface area contributed by atoms with Gasteiger partial charge in [0, 0.05) is 7.11 Å². The van der Waals surface area contributed by atoms with Gasteiger partial charge in [-0.15, -0.1) is 5.10 Å². The fourth-order valence-electron chi connectivity index (χ4n) is 1.69. The molecule has 2 aromatic rings. The summed E-state index contributed by atoms with van der Waals surface area (Å²) in [6.07, 6.45) is 0. The molecular weight excluding hydrogens is 284 g/mol. The van der Waals surface area contributed by atoms with E-state index >= 15 is 0 Å². The number of methoxy groups -OCH3 is 2. The van der Waals surface area contributed by atoms with Gasteiger partial charge < -0.3 is 13.9 Å². The minimum Gasteiger partial charge on any atom is -0.464 e. The number of carbonyl (C=O) groups excluding carboxylic acids is 1. The minimum atomic E-state index is -0.640. The second kappa shape index (κ2) is 6.13. The number of aromatic nitrogens is 3. The fourth-order valence-corrected chi connectivity index (χ4v) is 1.69. The number of hydrogen-bond acceptors (Lipinski definition) is 8. The molecule has 0 spiro atoms. The molecule has 0 aliphatic rings.